The van der Waals surface area contributed by atoms with Gasteiger partial charge in [0.2, 0.25) is 0 Å². The van der Waals surface area contributed by atoms with Gasteiger partial charge in [-0.2, -0.15) is 0 Å². The first-order valence-electron chi connectivity index (χ1n) is 8.53. The summed E-state index contributed by atoms with van der Waals surface area (Å²) in [6.07, 6.45) is 4.67. The Morgan fingerprint density at radius 1 is 1.33 bits per heavy atom. The van der Waals surface area contributed by atoms with Gasteiger partial charge in [0, 0.05) is 37.3 Å². The molecule has 1 aliphatic carbocycles. The van der Waals surface area contributed by atoms with E-state index in [1.807, 2.05) is 31.3 Å². The molecule has 2 amide bonds. The number of carbonyl (C=O) groups is 1. The van der Waals surface area contributed by atoms with Gasteiger partial charge in [-0.15, -0.1) is 0 Å². The molecule has 2 aromatic rings. The lowest BCUT2D eigenvalue weighted by atomic mass is 9.93. The molecule has 0 radical (unpaired) electrons. The standard InChI is InChI=1S/C19H25N3O2/c1-14(22(2)15-7-4-3-5-8-15)13-20-19(23)21-17-9-6-10-18-16(17)11-12-24-18/h3-5,7-8,11-12,14,17H,6,9-10,13H2,1-2H3,(H2,20,21,23). The van der Waals surface area contributed by atoms with Gasteiger partial charge in [-0.1, -0.05) is 18.2 Å². The van der Waals surface area contributed by atoms with Gasteiger partial charge < -0.3 is 20.0 Å². The summed E-state index contributed by atoms with van der Waals surface area (Å²) in [6, 6.07) is 12.3. The number of nitrogens with zero attached hydrogens (tertiary/aromatic N) is 1. The number of nitrogens with one attached hydrogen (secondary N) is 2. The minimum atomic E-state index is -0.123. The van der Waals surface area contributed by atoms with E-state index in [0.717, 1.165) is 36.3 Å². The summed E-state index contributed by atoms with van der Waals surface area (Å²) < 4.78 is 5.47. The number of amides is 2. The number of hydrogen-bond acceptors (Lipinski definition) is 3. The number of likely N-dealkylation sites (N-methyl/N-ethyl adjacent to an activating group) is 1. The van der Waals surface area contributed by atoms with E-state index in [0.29, 0.717) is 6.54 Å². The maximum Gasteiger partial charge on any atom is 0.315 e. The fraction of sp³-hybridized carbons (Fsp3) is 0.421. The second-order valence-corrected chi connectivity index (χ2v) is 6.39. The molecule has 2 N–H and O–H groups in total. The highest BCUT2D eigenvalue weighted by molar-refractivity contribution is 5.74. The van der Waals surface area contributed by atoms with Gasteiger partial charge in [-0.3, -0.25) is 0 Å². The Bertz CT molecular complexity index is 668. The summed E-state index contributed by atoms with van der Waals surface area (Å²) >= 11 is 0. The third kappa shape index (κ3) is 3.72. The van der Waals surface area contributed by atoms with Crippen LogP contribution in [0.15, 0.2) is 47.1 Å². The van der Waals surface area contributed by atoms with Crippen molar-refractivity contribution >= 4 is 11.7 Å². The van der Waals surface area contributed by atoms with Gasteiger partial charge in [0.1, 0.15) is 5.76 Å². The average molecular weight is 327 g/mol. The first-order valence-corrected chi connectivity index (χ1v) is 8.53. The van der Waals surface area contributed by atoms with Crippen LogP contribution in [0.1, 0.15) is 37.1 Å². The van der Waals surface area contributed by atoms with Crippen molar-refractivity contribution in [1.82, 2.24) is 10.6 Å². The summed E-state index contributed by atoms with van der Waals surface area (Å²) in [4.78, 5) is 14.4. The fourth-order valence-corrected chi connectivity index (χ4v) is 3.14. The number of furan rings is 1. The number of hydrogen-bond donors (Lipinski definition) is 2. The predicted molar refractivity (Wildman–Crippen MR) is 95.2 cm³/mol. The summed E-state index contributed by atoms with van der Waals surface area (Å²) in [6.45, 7) is 2.68. The van der Waals surface area contributed by atoms with Crippen LogP contribution in [0.3, 0.4) is 0 Å². The summed E-state index contributed by atoms with van der Waals surface area (Å²) in [5.74, 6) is 1.00. The Kier molecular flexibility index (Phi) is 5.08. The van der Waals surface area contributed by atoms with E-state index < -0.39 is 0 Å². The van der Waals surface area contributed by atoms with Crippen LogP contribution in [0, 0.1) is 0 Å². The summed E-state index contributed by atoms with van der Waals surface area (Å²) in [7, 11) is 2.04. The lowest BCUT2D eigenvalue weighted by Crippen LogP contribution is -2.45. The largest absolute Gasteiger partial charge is 0.469 e. The molecule has 0 bridgehead atoms. The van der Waals surface area contributed by atoms with Gasteiger partial charge >= 0.3 is 6.03 Å². The highest BCUT2D eigenvalue weighted by atomic mass is 16.3. The van der Waals surface area contributed by atoms with Crippen LogP contribution in [0.5, 0.6) is 0 Å². The number of urea groups is 1. The van der Waals surface area contributed by atoms with Crippen LogP contribution in [-0.4, -0.2) is 25.7 Å². The van der Waals surface area contributed by atoms with Crippen molar-refractivity contribution in [2.75, 3.05) is 18.5 Å². The maximum absolute atomic E-state index is 12.2. The van der Waals surface area contributed by atoms with Gasteiger partial charge in [0.05, 0.1) is 12.3 Å². The molecule has 128 valence electrons. The molecular formula is C19H25N3O2. The number of para-hydroxylation sites is 1. The van der Waals surface area contributed by atoms with E-state index in [2.05, 4.69) is 34.6 Å². The lowest BCUT2D eigenvalue weighted by Gasteiger charge is -2.28. The monoisotopic (exact) mass is 327 g/mol. The molecule has 0 aliphatic heterocycles. The fourth-order valence-electron chi connectivity index (χ4n) is 3.14. The number of fused-ring (bicyclic) bond motifs is 1. The zero-order valence-electron chi connectivity index (χ0n) is 14.3. The van der Waals surface area contributed by atoms with Crippen LogP contribution in [-0.2, 0) is 6.42 Å². The number of aryl methyl sites for hydroxylation is 1. The third-order valence-electron chi connectivity index (χ3n) is 4.74. The second kappa shape index (κ2) is 7.43. The normalized spacial score (nSPS) is 17.7. The molecule has 5 nitrogen and oxygen atoms in total. The molecule has 0 spiro atoms. The van der Waals surface area contributed by atoms with Crippen LogP contribution in [0.25, 0.3) is 0 Å². The third-order valence-corrected chi connectivity index (χ3v) is 4.74. The van der Waals surface area contributed by atoms with Crippen LogP contribution >= 0.6 is 0 Å². The smallest absolute Gasteiger partial charge is 0.315 e. The Morgan fingerprint density at radius 3 is 2.92 bits per heavy atom. The molecule has 1 heterocycles. The van der Waals surface area contributed by atoms with Crippen molar-refractivity contribution < 1.29 is 9.21 Å². The molecule has 2 atom stereocenters. The molecular weight excluding hydrogens is 302 g/mol. The molecule has 3 rings (SSSR count). The van der Waals surface area contributed by atoms with Gasteiger partial charge in [-0.25, -0.2) is 4.79 Å². The molecule has 1 aromatic heterocycles. The van der Waals surface area contributed by atoms with Crippen molar-refractivity contribution in [2.45, 2.75) is 38.3 Å². The molecule has 0 fully saturated rings. The molecule has 0 saturated carbocycles. The minimum absolute atomic E-state index is 0.0506. The molecule has 24 heavy (non-hydrogen) atoms. The van der Waals surface area contributed by atoms with Crippen LogP contribution in [0.4, 0.5) is 10.5 Å². The number of anilines is 1. The van der Waals surface area contributed by atoms with Crippen molar-refractivity contribution in [1.29, 1.82) is 0 Å². The Balaban J connectivity index is 1.50. The van der Waals surface area contributed by atoms with Crippen LogP contribution < -0.4 is 15.5 Å². The van der Waals surface area contributed by atoms with E-state index >= 15 is 0 Å². The second-order valence-electron chi connectivity index (χ2n) is 6.39. The SMILES string of the molecule is CC(CNC(=O)NC1CCCc2occc21)N(C)c1ccccc1. The van der Waals surface area contributed by atoms with Crippen molar-refractivity contribution in [2.24, 2.45) is 0 Å². The Labute approximate surface area is 143 Å². The lowest BCUT2D eigenvalue weighted by molar-refractivity contribution is 0.234. The first kappa shape index (κ1) is 16.4. The molecule has 0 saturated heterocycles. The molecule has 5 heteroatoms. The molecule has 1 aliphatic rings. The van der Waals surface area contributed by atoms with Gasteiger partial charge in [0.15, 0.2) is 0 Å². The molecule has 2 unspecified atom stereocenters. The van der Waals surface area contributed by atoms with Crippen molar-refractivity contribution in [3.8, 4) is 0 Å². The summed E-state index contributed by atoms with van der Waals surface area (Å²) in [5.41, 5.74) is 2.26. The van der Waals surface area contributed by atoms with E-state index in [9.17, 15) is 4.79 Å². The van der Waals surface area contributed by atoms with E-state index in [1.54, 1.807) is 6.26 Å². The van der Waals surface area contributed by atoms with Crippen LogP contribution in [0.2, 0.25) is 0 Å². The Morgan fingerprint density at radius 2 is 2.12 bits per heavy atom. The average Bonchev–Trinajstić information content (AvgIpc) is 3.09. The van der Waals surface area contributed by atoms with E-state index in [-0.39, 0.29) is 18.1 Å². The maximum atomic E-state index is 12.2. The predicted octanol–water partition coefficient (Wildman–Crippen LogP) is 3.48. The van der Waals surface area contributed by atoms with E-state index in [1.165, 1.54) is 0 Å². The number of benzene rings is 1. The quantitative estimate of drug-likeness (QED) is 0.884. The highest BCUT2D eigenvalue weighted by Crippen LogP contribution is 2.30. The Hall–Kier alpha value is -2.43. The van der Waals surface area contributed by atoms with Gasteiger partial charge in [0.25, 0.3) is 0 Å². The molecule has 1 aromatic carbocycles. The highest BCUT2D eigenvalue weighted by Gasteiger charge is 2.24. The van der Waals surface area contributed by atoms with Crippen molar-refractivity contribution in [3.05, 3.63) is 54.0 Å². The minimum Gasteiger partial charge on any atom is -0.469 e. The zero-order valence-corrected chi connectivity index (χ0v) is 14.3. The van der Waals surface area contributed by atoms with E-state index in [4.69, 9.17) is 4.42 Å². The van der Waals surface area contributed by atoms with Crippen molar-refractivity contribution in [3.63, 3.8) is 0 Å². The number of carbonyl (C=O) groups excluding carboxylic acids is 1. The number of rotatable bonds is 5. The zero-order chi connectivity index (χ0) is 16.9. The first-order chi connectivity index (χ1) is 11.6. The topological polar surface area (TPSA) is 57.5 Å². The summed E-state index contributed by atoms with van der Waals surface area (Å²) in [5, 5.41) is 6.05. The van der Waals surface area contributed by atoms with Gasteiger partial charge in [-0.05, 0) is 38.0 Å².